The predicted molar refractivity (Wildman–Crippen MR) is 124 cm³/mol. The summed E-state index contributed by atoms with van der Waals surface area (Å²) in [6, 6.07) is 7.15. The van der Waals surface area contributed by atoms with E-state index in [4.69, 9.17) is 11.6 Å². The van der Waals surface area contributed by atoms with Crippen molar-refractivity contribution in [3.8, 4) is 5.69 Å². The van der Waals surface area contributed by atoms with Crippen LogP contribution in [0.2, 0.25) is 5.15 Å². The zero-order chi connectivity index (χ0) is 22.7. The van der Waals surface area contributed by atoms with Crippen molar-refractivity contribution >= 4 is 40.3 Å². The number of H-pyrrole nitrogens is 1. The minimum absolute atomic E-state index is 0.280. The van der Waals surface area contributed by atoms with Gasteiger partial charge in [0.1, 0.15) is 10.5 Å². The van der Waals surface area contributed by atoms with Crippen LogP contribution in [0.25, 0.3) is 22.8 Å². The number of nitrogens with zero attached hydrogens (tertiary/aromatic N) is 5. The summed E-state index contributed by atoms with van der Waals surface area (Å²) in [7, 11) is 0. The summed E-state index contributed by atoms with van der Waals surface area (Å²) in [5, 5.41) is 12.5. The lowest BCUT2D eigenvalue weighted by atomic mass is 10.2. The Bertz CT molecular complexity index is 1370. The Balaban J connectivity index is 1.58. The quantitative estimate of drug-likeness (QED) is 0.416. The van der Waals surface area contributed by atoms with E-state index in [-0.39, 0.29) is 11.5 Å². The topological polar surface area (TPSA) is 110 Å². The van der Waals surface area contributed by atoms with Crippen LogP contribution in [0.1, 0.15) is 31.0 Å². The predicted octanol–water partition coefficient (Wildman–Crippen LogP) is 3.72. The minimum atomic E-state index is -0.337. The van der Waals surface area contributed by atoms with E-state index in [1.807, 2.05) is 13.0 Å². The van der Waals surface area contributed by atoms with Gasteiger partial charge in [0.25, 0.3) is 5.56 Å². The molecule has 164 valence electrons. The van der Waals surface area contributed by atoms with Gasteiger partial charge in [-0.25, -0.2) is 9.67 Å². The number of anilines is 1. The monoisotopic (exact) mass is 451 g/mol. The average molecular weight is 452 g/mol. The Morgan fingerprint density at radius 1 is 1.31 bits per heavy atom. The molecule has 10 heteroatoms. The van der Waals surface area contributed by atoms with E-state index in [0.717, 1.165) is 25.1 Å². The van der Waals surface area contributed by atoms with Gasteiger partial charge in [0.15, 0.2) is 5.65 Å². The molecule has 9 nitrogen and oxygen atoms in total. The van der Waals surface area contributed by atoms with Crippen molar-refractivity contribution in [3.05, 3.63) is 69.6 Å². The molecule has 0 spiro atoms. The van der Waals surface area contributed by atoms with E-state index < -0.39 is 0 Å². The summed E-state index contributed by atoms with van der Waals surface area (Å²) in [5.74, 6) is -0.337. The lowest BCUT2D eigenvalue weighted by Gasteiger charge is -2.10. The van der Waals surface area contributed by atoms with Crippen molar-refractivity contribution in [1.29, 1.82) is 0 Å². The third-order valence-electron chi connectivity index (χ3n) is 5.00. The summed E-state index contributed by atoms with van der Waals surface area (Å²) in [6.07, 6.45) is 7.86. The molecule has 3 heterocycles. The van der Waals surface area contributed by atoms with Crippen LogP contribution in [-0.2, 0) is 11.3 Å². The fraction of sp³-hybridized carbons (Fsp3) is 0.227. The number of amides is 1. The molecule has 0 aliphatic rings. The molecule has 0 bridgehead atoms. The molecule has 0 aliphatic carbocycles. The first-order valence-electron chi connectivity index (χ1n) is 10.2. The molecular weight excluding hydrogens is 430 g/mol. The fourth-order valence-electron chi connectivity index (χ4n) is 3.34. The van der Waals surface area contributed by atoms with Crippen LogP contribution >= 0.6 is 11.6 Å². The highest BCUT2D eigenvalue weighted by Crippen LogP contribution is 2.24. The van der Waals surface area contributed by atoms with Gasteiger partial charge in [-0.1, -0.05) is 37.1 Å². The molecule has 1 amide bonds. The second-order valence-corrected chi connectivity index (χ2v) is 7.59. The first-order chi connectivity index (χ1) is 15.5. The molecule has 0 saturated heterocycles. The number of unbranched alkanes of at least 4 members (excludes halogenated alkanes) is 1. The Morgan fingerprint density at radius 3 is 2.94 bits per heavy atom. The summed E-state index contributed by atoms with van der Waals surface area (Å²) in [6.45, 7) is 4.70. The van der Waals surface area contributed by atoms with E-state index in [9.17, 15) is 9.59 Å². The number of carbonyl (C=O) groups excluding carboxylic acids is 1. The first kappa shape index (κ1) is 21.5. The molecule has 4 aromatic rings. The van der Waals surface area contributed by atoms with Gasteiger partial charge in [0.05, 0.1) is 29.6 Å². The number of para-hydroxylation sites is 2. The highest BCUT2D eigenvalue weighted by Gasteiger charge is 2.14. The van der Waals surface area contributed by atoms with E-state index in [0.29, 0.717) is 33.1 Å². The van der Waals surface area contributed by atoms with Crippen LogP contribution in [0, 0.1) is 6.92 Å². The number of carbonyl (C=O) groups is 1. The molecule has 0 unspecified atom stereocenters. The molecule has 1 aromatic carbocycles. The van der Waals surface area contributed by atoms with Crippen molar-refractivity contribution in [2.45, 2.75) is 33.2 Å². The lowest BCUT2D eigenvalue weighted by molar-refractivity contribution is -0.111. The van der Waals surface area contributed by atoms with Gasteiger partial charge in [-0.2, -0.15) is 10.2 Å². The average Bonchev–Trinajstić information content (AvgIpc) is 3.33. The number of hydrogen-bond donors (Lipinski definition) is 2. The van der Waals surface area contributed by atoms with Crippen LogP contribution < -0.4 is 10.9 Å². The standard InChI is InChI=1S/C22H22ClN7O2/c1-3-4-11-29-20(23)15(14(2)28-29)9-10-19(31)27-17-7-5-6-8-18(17)30-21-16(12-26-30)22(32)25-13-24-21/h5-10,12-13H,3-4,11H2,1-2H3,(H,27,31)(H,24,25,32)/b10-9+. The number of halogens is 1. The second kappa shape index (κ2) is 9.19. The van der Waals surface area contributed by atoms with Crippen molar-refractivity contribution in [1.82, 2.24) is 29.5 Å². The maximum absolute atomic E-state index is 12.7. The number of aromatic amines is 1. The van der Waals surface area contributed by atoms with E-state index in [1.165, 1.54) is 23.3 Å². The number of rotatable bonds is 7. The lowest BCUT2D eigenvalue weighted by Crippen LogP contribution is -2.12. The van der Waals surface area contributed by atoms with Gasteiger partial charge in [0, 0.05) is 18.2 Å². The number of aromatic nitrogens is 6. The largest absolute Gasteiger partial charge is 0.321 e. The molecule has 0 aliphatic heterocycles. The van der Waals surface area contributed by atoms with Crippen molar-refractivity contribution < 1.29 is 4.79 Å². The Kier molecular flexibility index (Phi) is 6.18. The highest BCUT2D eigenvalue weighted by atomic mass is 35.5. The van der Waals surface area contributed by atoms with E-state index in [2.05, 4.69) is 32.4 Å². The molecule has 0 radical (unpaired) electrons. The van der Waals surface area contributed by atoms with Gasteiger partial charge in [-0.05, 0) is 31.6 Å². The zero-order valence-electron chi connectivity index (χ0n) is 17.7. The van der Waals surface area contributed by atoms with Crippen LogP contribution in [0.4, 0.5) is 5.69 Å². The molecule has 2 N–H and O–H groups in total. The normalized spacial score (nSPS) is 11.5. The van der Waals surface area contributed by atoms with Gasteiger partial charge >= 0.3 is 0 Å². The number of aryl methyl sites for hydroxylation is 2. The van der Waals surface area contributed by atoms with Crippen molar-refractivity contribution in [2.75, 3.05) is 5.32 Å². The van der Waals surface area contributed by atoms with Gasteiger partial charge in [0.2, 0.25) is 5.91 Å². The molecule has 3 aromatic heterocycles. The SMILES string of the molecule is CCCCn1nc(C)c(/C=C/C(=O)Nc2ccccc2-n2ncc3c(=O)[nH]cnc32)c1Cl. The van der Waals surface area contributed by atoms with Crippen LogP contribution in [-0.4, -0.2) is 35.4 Å². The van der Waals surface area contributed by atoms with E-state index >= 15 is 0 Å². The van der Waals surface area contributed by atoms with Gasteiger partial charge in [-0.15, -0.1) is 0 Å². The second-order valence-electron chi connectivity index (χ2n) is 7.23. The summed E-state index contributed by atoms with van der Waals surface area (Å²) >= 11 is 6.44. The molecular formula is C22H22ClN7O2. The summed E-state index contributed by atoms with van der Waals surface area (Å²) < 4.78 is 3.27. The van der Waals surface area contributed by atoms with E-state index in [1.54, 1.807) is 29.0 Å². The maximum atomic E-state index is 12.7. The smallest absolute Gasteiger partial charge is 0.261 e. The first-order valence-corrected chi connectivity index (χ1v) is 10.6. The highest BCUT2D eigenvalue weighted by molar-refractivity contribution is 6.31. The number of nitrogens with one attached hydrogen (secondary N) is 2. The van der Waals surface area contributed by atoms with Crippen LogP contribution in [0.5, 0.6) is 0 Å². The van der Waals surface area contributed by atoms with Crippen LogP contribution in [0.15, 0.2) is 47.7 Å². The van der Waals surface area contributed by atoms with Crippen molar-refractivity contribution in [2.24, 2.45) is 0 Å². The molecule has 32 heavy (non-hydrogen) atoms. The summed E-state index contributed by atoms with van der Waals surface area (Å²) in [4.78, 5) is 31.4. The number of fused-ring (bicyclic) bond motifs is 1. The molecule has 0 fully saturated rings. The Labute approximate surface area is 188 Å². The third kappa shape index (κ3) is 4.19. The molecule has 0 atom stereocenters. The fourth-order valence-corrected chi connectivity index (χ4v) is 3.66. The Morgan fingerprint density at radius 2 is 2.12 bits per heavy atom. The zero-order valence-corrected chi connectivity index (χ0v) is 18.4. The van der Waals surface area contributed by atoms with Gasteiger partial charge in [-0.3, -0.25) is 14.3 Å². The third-order valence-corrected chi connectivity index (χ3v) is 5.39. The number of hydrogen-bond acceptors (Lipinski definition) is 5. The molecule has 4 rings (SSSR count). The molecule has 0 saturated carbocycles. The summed E-state index contributed by atoms with van der Waals surface area (Å²) in [5.41, 5.74) is 2.70. The Hall–Kier alpha value is -3.72. The van der Waals surface area contributed by atoms with Crippen molar-refractivity contribution in [3.63, 3.8) is 0 Å². The minimum Gasteiger partial charge on any atom is -0.321 e. The number of benzene rings is 1. The van der Waals surface area contributed by atoms with Gasteiger partial charge < -0.3 is 10.3 Å². The maximum Gasteiger partial charge on any atom is 0.261 e. The van der Waals surface area contributed by atoms with Crippen LogP contribution in [0.3, 0.4) is 0 Å².